The fourth-order valence-corrected chi connectivity index (χ4v) is 3.56. The van der Waals surface area contributed by atoms with E-state index in [9.17, 15) is 18.4 Å². The number of nitriles is 1. The molecule has 1 aliphatic rings. The van der Waals surface area contributed by atoms with E-state index in [0.717, 1.165) is 28.8 Å². The fraction of sp³-hybridized carbons (Fsp3) is 0.182. The second-order valence-corrected chi connectivity index (χ2v) is 7.16. The van der Waals surface area contributed by atoms with Crippen LogP contribution in [0.3, 0.4) is 0 Å². The quantitative estimate of drug-likeness (QED) is 0.627. The molecular weight excluding hydrogens is 393 g/mol. The van der Waals surface area contributed by atoms with Crippen molar-refractivity contribution in [3.63, 3.8) is 0 Å². The standard InChI is InChI=1S/C22H17F3N4O/c1-11-3-4-14(9-12(11)2)19-18-17(13-5-7-15(8-6-13)22(23,24)25)16(10-26)20(27)30-21(18)29-28-19/h3-9,17H,27H2,1-2H3,(H,28,29)/t17-/m0/s1. The van der Waals surface area contributed by atoms with Gasteiger partial charge in [0.15, 0.2) is 0 Å². The minimum atomic E-state index is -4.45. The maximum Gasteiger partial charge on any atom is 0.416 e. The Morgan fingerprint density at radius 3 is 2.40 bits per heavy atom. The van der Waals surface area contributed by atoms with Crippen LogP contribution >= 0.6 is 0 Å². The summed E-state index contributed by atoms with van der Waals surface area (Å²) in [5.74, 6) is -0.631. The van der Waals surface area contributed by atoms with Gasteiger partial charge in [0.25, 0.3) is 0 Å². The van der Waals surface area contributed by atoms with Crippen molar-refractivity contribution >= 4 is 0 Å². The Balaban J connectivity index is 1.90. The fourth-order valence-electron chi connectivity index (χ4n) is 3.56. The van der Waals surface area contributed by atoms with Crippen LogP contribution in [0.5, 0.6) is 5.88 Å². The summed E-state index contributed by atoms with van der Waals surface area (Å²) in [5.41, 5.74) is 9.95. The summed E-state index contributed by atoms with van der Waals surface area (Å²) in [4.78, 5) is 0. The molecule has 8 heteroatoms. The Morgan fingerprint density at radius 2 is 1.80 bits per heavy atom. The SMILES string of the molecule is Cc1ccc(-c2[nH]nc3c2[C@@H](c2ccc(C(F)(F)F)cc2)C(C#N)=C(N)O3)cc1C. The van der Waals surface area contributed by atoms with Gasteiger partial charge in [0.05, 0.1) is 22.7 Å². The van der Waals surface area contributed by atoms with E-state index in [1.807, 2.05) is 38.1 Å². The first kappa shape index (κ1) is 19.6. The van der Waals surface area contributed by atoms with E-state index in [1.54, 1.807) is 0 Å². The average molecular weight is 410 g/mol. The molecule has 0 bridgehead atoms. The topological polar surface area (TPSA) is 87.7 Å². The first-order valence-electron chi connectivity index (χ1n) is 9.11. The van der Waals surface area contributed by atoms with Gasteiger partial charge in [-0.05, 0) is 48.7 Å². The highest BCUT2D eigenvalue weighted by atomic mass is 19.4. The number of allylic oxidation sites excluding steroid dienone is 1. The predicted octanol–water partition coefficient (Wildman–Crippen LogP) is 4.93. The second kappa shape index (κ2) is 6.95. The monoisotopic (exact) mass is 410 g/mol. The number of aromatic nitrogens is 2. The zero-order valence-electron chi connectivity index (χ0n) is 16.1. The molecule has 152 valence electrons. The van der Waals surface area contributed by atoms with Gasteiger partial charge in [-0.2, -0.15) is 18.4 Å². The Bertz CT molecular complexity index is 1200. The lowest BCUT2D eigenvalue weighted by Crippen LogP contribution is -2.21. The van der Waals surface area contributed by atoms with Gasteiger partial charge in [0, 0.05) is 5.56 Å². The molecule has 1 aliphatic heterocycles. The van der Waals surface area contributed by atoms with Crippen molar-refractivity contribution in [3.05, 3.63) is 81.7 Å². The molecule has 4 rings (SSSR count). The molecule has 3 N–H and O–H groups in total. The van der Waals surface area contributed by atoms with Crippen LogP contribution in [0.2, 0.25) is 0 Å². The minimum Gasteiger partial charge on any atom is -0.420 e. The van der Waals surface area contributed by atoms with Gasteiger partial charge >= 0.3 is 6.18 Å². The van der Waals surface area contributed by atoms with Crippen molar-refractivity contribution in [2.24, 2.45) is 5.73 Å². The molecule has 30 heavy (non-hydrogen) atoms. The zero-order valence-corrected chi connectivity index (χ0v) is 16.1. The molecule has 2 heterocycles. The summed E-state index contributed by atoms with van der Waals surface area (Å²) in [6.45, 7) is 3.97. The third-order valence-electron chi connectivity index (χ3n) is 5.31. The van der Waals surface area contributed by atoms with E-state index in [-0.39, 0.29) is 17.3 Å². The molecule has 0 spiro atoms. The number of ether oxygens (including phenoxy) is 1. The second-order valence-electron chi connectivity index (χ2n) is 7.16. The van der Waals surface area contributed by atoms with Crippen molar-refractivity contribution in [2.75, 3.05) is 0 Å². The normalized spacial score (nSPS) is 16.1. The zero-order chi connectivity index (χ0) is 21.6. The number of hydrogen-bond acceptors (Lipinski definition) is 4. The summed E-state index contributed by atoms with van der Waals surface area (Å²) in [5, 5.41) is 16.8. The average Bonchev–Trinajstić information content (AvgIpc) is 3.11. The highest BCUT2D eigenvalue weighted by Gasteiger charge is 2.36. The molecule has 0 saturated heterocycles. The Kier molecular flexibility index (Phi) is 4.54. The molecule has 0 amide bonds. The van der Waals surface area contributed by atoms with Gasteiger partial charge in [0.1, 0.15) is 11.6 Å². The molecule has 5 nitrogen and oxygen atoms in total. The molecule has 0 saturated carbocycles. The maximum atomic E-state index is 13.0. The van der Waals surface area contributed by atoms with Crippen molar-refractivity contribution in [3.8, 4) is 23.2 Å². The number of nitrogens with two attached hydrogens (primary N) is 1. The number of hydrogen-bond donors (Lipinski definition) is 2. The molecule has 2 aromatic carbocycles. The molecule has 0 aliphatic carbocycles. The molecule has 0 radical (unpaired) electrons. The number of H-pyrrole nitrogens is 1. The number of benzene rings is 2. The van der Waals surface area contributed by atoms with Crippen LogP contribution in [-0.4, -0.2) is 10.2 Å². The van der Waals surface area contributed by atoms with Crippen LogP contribution in [0.25, 0.3) is 11.3 Å². The van der Waals surface area contributed by atoms with E-state index in [1.165, 1.54) is 12.1 Å². The van der Waals surface area contributed by atoms with Crippen molar-refractivity contribution < 1.29 is 17.9 Å². The first-order valence-corrected chi connectivity index (χ1v) is 9.11. The van der Waals surface area contributed by atoms with Crippen molar-refractivity contribution in [2.45, 2.75) is 25.9 Å². The lowest BCUT2D eigenvalue weighted by atomic mass is 9.82. The number of nitrogens with zero attached hydrogens (tertiary/aromatic N) is 2. The Hall–Kier alpha value is -3.73. The summed E-state index contributed by atoms with van der Waals surface area (Å²) in [6, 6.07) is 12.6. The minimum absolute atomic E-state index is 0.118. The van der Waals surface area contributed by atoms with Gasteiger partial charge in [-0.25, -0.2) is 0 Å². The Morgan fingerprint density at radius 1 is 1.10 bits per heavy atom. The summed E-state index contributed by atoms with van der Waals surface area (Å²) in [6.07, 6.45) is -4.45. The molecule has 0 fully saturated rings. The van der Waals surface area contributed by atoms with E-state index in [0.29, 0.717) is 16.8 Å². The van der Waals surface area contributed by atoms with Crippen LogP contribution in [-0.2, 0) is 6.18 Å². The highest BCUT2D eigenvalue weighted by Crippen LogP contribution is 2.46. The van der Waals surface area contributed by atoms with Gasteiger partial charge in [-0.15, -0.1) is 5.10 Å². The number of aromatic amines is 1. The largest absolute Gasteiger partial charge is 0.420 e. The molecule has 1 aromatic heterocycles. The van der Waals surface area contributed by atoms with Crippen LogP contribution < -0.4 is 10.5 Å². The van der Waals surface area contributed by atoms with Crippen LogP contribution in [0.1, 0.15) is 33.7 Å². The van der Waals surface area contributed by atoms with E-state index in [4.69, 9.17) is 10.5 Å². The van der Waals surface area contributed by atoms with Crippen LogP contribution in [0.15, 0.2) is 53.9 Å². The Labute approximate surface area is 170 Å². The number of alkyl halides is 3. The smallest absolute Gasteiger partial charge is 0.416 e. The van der Waals surface area contributed by atoms with Gasteiger partial charge in [-0.3, -0.25) is 5.10 Å². The number of aryl methyl sites for hydroxylation is 2. The third-order valence-corrected chi connectivity index (χ3v) is 5.31. The third kappa shape index (κ3) is 3.18. The van der Waals surface area contributed by atoms with Gasteiger partial charge in [0.2, 0.25) is 11.8 Å². The summed E-state index contributed by atoms with van der Waals surface area (Å²) >= 11 is 0. The van der Waals surface area contributed by atoms with Gasteiger partial charge < -0.3 is 10.5 Å². The lowest BCUT2D eigenvalue weighted by Gasteiger charge is -2.24. The molecule has 1 atom stereocenters. The van der Waals surface area contributed by atoms with Crippen LogP contribution in [0.4, 0.5) is 13.2 Å². The van der Waals surface area contributed by atoms with Crippen LogP contribution in [0, 0.1) is 25.2 Å². The van der Waals surface area contributed by atoms with Crippen molar-refractivity contribution in [1.29, 1.82) is 5.26 Å². The summed E-state index contributed by atoms with van der Waals surface area (Å²) < 4.78 is 44.5. The van der Waals surface area contributed by atoms with E-state index in [2.05, 4.69) is 10.2 Å². The number of rotatable bonds is 2. The molecule has 3 aromatic rings. The van der Waals surface area contributed by atoms with E-state index < -0.39 is 17.7 Å². The number of nitrogens with one attached hydrogen (secondary N) is 1. The first-order chi connectivity index (χ1) is 14.2. The number of fused-ring (bicyclic) bond motifs is 1. The maximum absolute atomic E-state index is 13.0. The molecular formula is C22H17F3N4O. The van der Waals surface area contributed by atoms with Gasteiger partial charge in [-0.1, -0.05) is 24.3 Å². The number of halogens is 3. The highest BCUT2D eigenvalue weighted by molar-refractivity contribution is 5.71. The predicted molar refractivity (Wildman–Crippen MR) is 104 cm³/mol. The van der Waals surface area contributed by atoms with Crippen molar-refractivity contribution in [1.82, 2.24) is 10.2 Å². The summed E-state index contributed by atoms with van der Waals surface area (Å²) in [7, 11) is 0. The lowest BCUT2D eigenvalue weighted by molar-refractivity contribution is -0.137. The molecule has 0 unspecified atom stereocenters. The van der Waals surface area contributed by atoms with E-state index >= 15 is 0 Å².